The Morgan fingerprint density at radius 2 is 1.83 bits per heavy atom. The van der Waals surface area contributed by atoms with E-state index < -0.39 is 0 Å². The Hall–Kier alpha value is -3.13. The van der Waals surface area contributed by atoms with Gasteiger partial charge in [-0.15, -0.1) is 0 Å². The highest BCUT2D eigenvalue weighted by Gasteiger charge is 2.09. The van der Waals surface area contributed by atoms with E-state index in [4.69, 9.17) is 10.00 Å². The lowest BCUT2D eigenvalue weighted by molar-refractivity contribution is -0.144. The fraction of sp³-hybridized carbons (Fsp3) is 0.211. The van der Waals surface area contributed by atoms with E-state index in [1.807, 2.05) is 25.1 Å². The first kappa shape index (κ1) is 17.2. The van der Waals surface area contributed by atoms with Gasteiger partial charge in [0.2, 0.25) is 0 Å². The molecule has 1 amide bonds. The number of aryl methyl sites for hydroxylation is 1. The van der Waals surface area contributed by atoms with Gasteiger partial charge < -0.3 is 10.1 Å². The number of amides is 1. The van der Waals surface area contributed by atoms with Crippen molar-refractivity contribution in [3.63, 3.8) is 0 Å². The Morgan fingerprint density at radius 1 is 1.12 bits per heavy atom. The van der Waals surface area contributed by atoms with Crippen molar-refractivity contribution < 1.29 is 14.3 Å². The number of carbonyl (C=O) groups is 2. The molecule has 0 aliphatic carbocycles. The van der Waals surface area contributed by atoms with E-state index in [0.29, 0.717) is 11.1 Å². The van der Waals surface area contributed by atoms with Crippen LogP contribution in [0.3, 0.4) is 0 Å². The number of nitrogens with one attached hydrogen (secondary N) is 1. The summed E-state index contributed by atoms with van der Waals surface area (Å²) in [6, 6.07) is 16.1. The first-order valence-corrected chi connectivity index (χ1v) is 7.58. The lowest BCUT2D eigenvalue weighted by Gasteiger charge is -2.08. The van der Waals surface area contributed by atoms with Crippen molar-refractivity contribution in [2.75, 3.05) is 6.54 Å². The third-order valence-corrected chi connectivity index (χ3v) is 3.49. The Labute approximate surface area is 140 Å². The van der Waals surface area contributed by atoms with Gasteiger partial charge in [0.1, 0.15) is 6.61 Å². The zero-order chi connectivity index (χ0) is 17.4. The molecule has 5 heteroatoms. The van der Waals surface area contributed by atoms with Crippen LogP contribution in [0.15, 0.2) is 48.5 Å². The number of ether oxygens (including phenoxy) is 1. The van der Waals surface area contributed by atoms with Crippen molar-refractivity contribution in [3.8, 4) is 6.07 Å². The van der Waals surface area contributed by atoms with Gasteiger partial charge in [0.05, 0.1) is 18.1 Å². The van der Waals surface area contributed by atoms with E-state index in [9.17, 15) is 9.59 Å². The van der Waals surface area contributed by atoms with Gasteiger partial charge in [-0.2, -0.15) is 5.26 Å². The number of carbonyl (C=O) groups excluding carboxylic acids is 2. The zero-order valence-electron chi connectivity index (χ0n) is 13.4. The maximum atomic E-state index is 12.0. The number of benzene rings is 2. The molecule has 2 rings (SSSR count). The number of nitrogens with zero attached hydrogens (tertiary/aromatic N) is 1. The van der Waals surface area contributed by atoms with E-state index in [0.717, 1.165) is 11.1 Å². The molecule has 2 aromatic carbocycles. The first-order valence-electron chi connectivity index (χ1n) is 7.58. The molecule has 0 spiro atoms. The van der Waals surface area contributed by atoms with Gasteiger partial charge >= 0.3 is 5.97 Å². The van der Waals surface area contributed by atoms with Crippen LogP contribution >= 0.6 is 0 Å². The predicted octanol–water partition coefficient (Wildman–Crippen LogP) is 2.73. The van der Waals surface area contributed by atoms with E-state index in [1.54, 1.807) is 36.4 Å². The Kier molecular flexibility index (Phi) is 6.09. The van der Waals surface area contributed by atoms with Crippen LogP contribution in [0, 0.1) is 18.3 Å². The normalized spacial score (nSPS) is 9.83. The van der Waals surface area contributed by atoms with Crippen molar-refractivity contribution in [1.82, 2.24) is 5.32 Å². The number of esters is 1. The molecule has 0 saturated carbocycles. The molecule has 5 nitrogen and oxygen atoms in total. The van der Waals surface area contributed by atoms with Gasteiger partial charge in [-0.1, -0.05) is 30.3 Å². The molecule has 0 saturated heterocycles. The minimum atomic E-state index is -0.385. The Balaban J connectivity index is 1.72. The summed E-state index contributed by atoms with van der Waals surface area (Å²) in [5.74, 6) is -0.586. The Morgan fingerprint density at radius 3 is 2.50 bits per heavy atom. The summed E-state index contributed by atoms with van der Waals surface area (Å²) in [5, 5.41) is 11.4. The van der Waals surface area contributed by atoms with E-state index in [1.165, 1.54) is 0 Å². The summed E-state index contributed by atoms with van der Waals surface area (Å²) in [7, 11) is 0. The summed E-state index contributed by atoms with van der Waals surface area (Å²) in [6.45, 7) is 2.23. The number of hydrogen-bond donors (Lipinski definition) is 1. The van der Waals surface area contributed by atoms with Gasteiger partial charge in [0, 0.05) is 12.1 Å². The van der Waals surface area contributed by atoms with Gasteiger partial charge in [0.15, 0.2) is 0 Å². The molecule has 1 N–H and O–H groups in total. The highest BCUT2D eigenvalue weighted by atomic mass is 16.5. The summed E-state index contributed by atoms with van der Waals surface area (Å²) in [5.41, 5.74) is 2.86. The summed E-state index contributed by atoms with van der Waals surface area (Å²) < 4.78 is 5.14. The molecular formula is C19H18N2O3. The predicted molar refractivity (Wildman–Crippen MR) is 89.1 cm³/mol. The van der Waals surface area contributed by atoms with Crippen LogP contribution in [0.5, 0.6) is 0 Å². The van der Waals surface area contributed by atoms with Gasteiger partial charge in [0.25, 0.3) is 5.91 Å². The highest BCUT2D eigenvalue weighted by Crippen LogP contribution is 2.07. The number of rotatable bonds is 6. The lowest BCUT2D eigenvalue weighted by atomic mass is 10.1. The zero-order valence-corrected chi connectivity index (χ0v) is 13.4. The van der Waals surface area contributed by atoms with Crippen molar-refractivity contribution in [2.24, 2.45) is 0 Å². The van der Waals surface area contributed by atoms with E-state index in [2.05, 4.69) is 5.32 Å². The minimum absolute atomic E-state index is 0.105. The quantitative estimate of drug-likeness (QED) is 0.829. The molecule has 122 valence electrons. The molecule has 2 aromatic rings. The van der Waals surface area contributed by atoms with Crippen LogP contribution < -0.4 is 5.32 Å². The molecular weight excluding hydrogens is 304 g/mol. The third-order valence-electron chi connectivity index (χ3n) is 3.49. The molecule has 0 fully saturated rings. The highest BCUT2D eigenvalue weighted by molar-refractivity contribution is 5.95. The maximum Gasteiger partial charge on any atom is 0.307 e. The summed E-state index contributed by atoms with van der Waals surface area (Å²) in [6.07, 6.45) is 0.105. The van der Waals surface area contributed by atoms with Crippen LogP contribution in [-0.4, -0.2) is 18.4 Å². The molecule has 0 heterocycles. The molecule has 0 unspecified atom stereocenters. The summed E-state index contributed by atoms with van der Waals surface area (Å²) in [4.78, 5) is 23.7. The second-order valence-corrected chi connectivity index (χ2v) is 5.29. The SMILES string of the molecule is Cc1ccccc1C(=O)NCCC(=O)OCc1ccc(C#N)cc1. The standard InChI is InChI=1S/C19H18N2O3/c1-14-4-2-3-5-17(14)19(23)21-11-10-18(22)24-13-16-8-6-15(12-20)7-9-16/h2-9H,10-11,13H2,1H3,(H,21,23). The van der Waals surface area contributed by atoms with Crippen LogP contribution in [0.1, 0.15) is 33.5 Å². The van der Waals surface area contributed by atoms with Crippen LogP contribution in [0.25, 0.3) is 0 Å². The first-order chi connectivity index (χ1) is 11.6. The topological polar surface area (TPSA) is 79.2 Å². The minimum Gasteiger partial charge on any atom is -0.461 e. The van der Waals surface area contributed by atoms with Crippen LogP contribution in [0.2, 0.25) is 0 Å². The van der Waals surface area contributed by atoms with Crippen molar-refractivity contribution in [3.05, 3.63) is 70.8 Å². The molecule has 0 bridgehead atoms. The maximum absolute atomic E-state index is 12.0. The average molecular weight is 322 g/mol. The van der Waals surface area contributed by atoms with E-state index >= 15 is 0 Å². The third kappa shape index (κ3) is 4.96. The molecule has 24 heavy (non-hydrogen) atoms. The molecule has 0 aliphatic rings. The van der Waals surface area contributed by atoms with Crippen LogP contribution in [-0.2, 0) is 16.1 Å². The average Bonchev–Trinajstić information content (AvgIpc) is 2.60. The molecule has 0 radical (unpaired) electrons. The van der Waals surface area contributed by atoms with Gasteiger partial charge in [-0.05, 0) is 36.2 Å². The molecule has 0 atom stereocenters. The van der Waals surface area contributed by atoms with E-state index in [-0.39, 0.29) is 31.4 Å². The lowest BCUT2D eigenvalue weighted by Crippen LogP contribution is -2.27. The van der Waals surface area contributed by atoms with Gasteiger partial charge in [-0.25, -0.2) is 0 Å². The number of hydrogen-bond acceptors (Lipinski definition) is 4. The van der Waals surface area contributed by atoms with Crippen molar-refractivity contribution in [2.45, 2.75) is 20.0 Å². The van der Waals surface area contributed by atoms with Gasteiger partial charge in [-0.3, -0.25) is 9.59 Å². The second-order valence-electron chi connectivity index (χ2n) is 5.29. The smallest absolute Gasteiger partial charge is 0.307 e. The van der Waals surface area contributed by atoms with Crippen molar-refractivity contribution in [1.29, 1.82) is 5.26 Å². The van der Waals surface area contributed by atoms with Crippen LogP contribution in [0.4, 0.5) is 0 Å². The van der Waals surface area contributed by atoms with Crippen molar-refractivity contribution >= 4 is 11.9 Å². The molecule has 0 aromatic heterocycles. The summed E-state index contributed by atoms with van der Waals surface area (Å²) >= 11 is 0. The fourth-order valence-corrected chi connectivity index (χ4v) is 2.11. The Bertz CT molecular complexity index is 761. The monoisotopic (exact) mass is 322 g/mol. The fourth-order valence-electron chi connectivity index (χ4n) is 2.11. The number of nitriles is 1. The largest absolute Gasteiger partial charge is 0.461 e. The second kappa shape index (κ2) is 8.49. The molecule has 0 aliphatic heterocycles.